The van der Waals surface area contributed by atoms with Crippen LogP contribution in [0.5, 0.6) is 5.75 Å². The van der Waals surface area contributed by atoms with Crippen molar-refractivity contribution in [2.24, 2.45) is 5.92 Å². The highest BCUT2D eigenvalue weighted by Crippen LogP contribution is 2.56. The van der Waals surface area contributed by atoms with Gasteiger partial charge in [-0.05, 0) is 37.3 Å². The van der Waals surface area contributed by atoms with Crippen molar-refractivity contribution in [3.63, 3.8) is 0 Å². The molecule has 1 aromatic rings. The molecule has 0 spiro atoms. The van der Waals surface area contributed by atoms with Gasteiger partial charge in [-0.15, -0.1) is 0 Å². The summed E-state index contributed by atoms with van der Waals surface area (Å²) in [6.45, 7) is 0. The van der Waals surface area contributed by atoms with Gasteiger partial charge in [-0.1, -0.05) is 0 Å². The van der Waals surface area contributed by atoms with Crippen LogP contribution in [0.1, 0.15) is 29.6 Å². The second-order valence-electron chi connectivity index (χ2n) is 5.21. The highest BCUT2D eigenvalue weighted by Gasteiger charge is 2.57. The maximum absolute atomic E-state index is 12.1. The third-order valence-electron chi connectivity index (χ3n) is 3.84. The smallest absolute Gasteiger partial charge is 0.251 e. The number of nitrogens with one attached hydrogen (secondary N) is 1. The minimum absolute atomic E-state index is 0.0475. The predicted octanol–water partition coefficient (Wildman–Crippen LogP) is 1.56. The molecule has 17 heavy (non-hydrogen) atoms. The lowest BCUT2D eigenvalue weighted by molar-refractivity contribution is -0.0438. The largest absolute Gasteiger partial charge is 0.497 e. The molecule has 1 amide bonds. The Labute approximate surface area is 100 Å². The lowest BCUT2D eigenvalue weighted by Gasteiger charge is -2.61. The van der Waals surface area contributed by atoms with Crippen LogP contribution in [0, 0.1) is 5.92 Å². The first-order chi connectivity index (χ1) is 8.10. The maximum atomic E-state index is 12.1. The fourth-order valence-electron chi connectivity index (χ4n) is 2.82. The summed E-state index contributed by atoms with van der Waals surface area (Å²) in [6, 6.07) is 5.11. The molecule has 3 N–H and O–H groups in total. The van der Waals surface area contributed by atoms with E-state index in [1.807, 2.05) is 0 Å². The Bertz CT molecular complexity index is 467. The Morgan fingerprint density at radius 3 is 2.65 bits per heavy atom. The first-order valence-corrected chi connectivity index (χ1v) is 5.87. The number of carbonyl (C=O) groups excluding carboxylic acids is 1. The van der Waals surface area contributed by atoms with Gasteiger partial charge < -0.3 is 15.8 Å². The number of benzene rings is 1. The summed E-state index contributed by atoms with van der Waals surface area (Å²) in [6.07, 6.45) is 3.41. The summed E-state index contributed by atoms with van der Waals surface area (Å²) in [7, 11) is 1.57. The number of amides is 1. The summed E-state index contributed by atoms with van der Waals surface area (Å²) in [5, 5.41) is 3.10. The molecule has 4 rings (SSSR count). The maximum Gasteiger partial charge on any atom is 0.251 e. The van der Waals surface area contributed by atoms with Crippen molar-refractivity contribution in [1.29, 1.82) is 0 Å². The van der Waals surface area contributed by atoms with E-state index in [1.54, 1.807) is 25.3 Å². The van der Waals surface area contributed by atoms with Gasteiger partial charge in [-0.3, -0.25) is 4.79 Å². The van der Waals surface area contributed by atoms with Gasteiger partial charge in [-0.25, -0.2) is 0 Å². The molecule has 3 aliphatic rings. The predicted molar refractivity (Wildman–Crippen MR) is 64.9 cm³/mol. The molecule has 0 aromatic heterocycles. The van der Waals surface area contributed by atoms with Gasteiger partial charge in [0.25, 0.3) is 5.91 Å². The van der Waals surface area contributed by atoms with E-state index in [1.165, 1.54) is 0 Å². The molecule has 3 saturated carbocycles. The quantitative estimate of drug-likeness (QED) is 0.777. The summed E-state index contributed by atoms with van der Waals surface area (Å²) >= 11 is 0. The lowest BCUT2D eigenvalue weighted by atomic mass is 9.50. The van der Waals surface area contributed by atoms with Crippen molar-refractivity contribution < 1.29 is 9.53 Å². The van der Waals surface area contributed by atoms with E-state index in [2.05, 4.69) is 5.32 Å². The van der Waals surface area contributed by atoms with E-state index < -0.39 is 0 Å². The van der Waals surface area contributed by atoms with E-state index in [0.717, 1.165) is 25.2 Å². The molecule has 0 radical (unpaired) electrons. The molecule has 4 nitrogen and oxygen atoms in total. The van der Waals surface area contributed by atoms with E-state index in [0.29, 0.717) is 17.0 Å². The van der Waals surface area contributed by atoms with E-state index in [4.69, 9.17) is 10.5 Å². The number of anilines is 1. The fourth-order valence-corrected chi connectivity index (χ4v) is 2.82. The molecule has 0 atom stereocenters. The monoisotopic (exact) mass is 232 g/mol. The van der Waals surface area contributed by atoms with Crippen molar-refractivity contribution in [2.75, 3.05) is 12.8 Å². The molecular formula is C13H16N2O2. The van der Waals surface area contributed by atoms with E-state index >= 15 is 0 Å². The molecule has 4 heteroatoms. The third-order valence-corrected chi connectivity index (χ3v) is 3.84. The minimum Gasteiger partial charge on any atom is -0.497 e. The number of carbonyl (C=O) groups is 1. The van der Waals surface area contributed by atoms with Gasteiger partial charge in [0.2, 0.25) is 0 Å². The average Bonchev–Trinajstić information content (AvgIpc) is 2.20. The number of methoxy groups -OCH3 is 1. The molecule has 3 aliphatic carbocycles. The van der Waals surface area contributed by atoms with Gasteiger partial charge in [0.15, 0.2) is 0 Å². The Kier molecular flexibility index (Phi) is 2.08. The summed E-state index contributed by atoms with van der Waals surface area (Å²) in [5.74, 6) is 1.42. The van der Waals surface area contributed by atoms with Crippen LogP contribution < -0.4 is 15.8 Å². The average molecular weight is 232 g/mol. The molecular weight excluding hydrogens is 216 g/mol. The summed E-state index contributed by atoms with van der Waals surface area (Å²) in [4.78, 5) is 12.1. The number of ether oxygens (including phenoxy) is 1. The van der Waals surface area contributed by atoms with Gasteiger partial charge in [0.05, 0.1) is 7.11 Å². The number of hydrogen-bond acceptors (Lipinski definition) is 3. The molecule has 3 fully saturated rings. The van der Waals surface area contributed by atoms with Crippen molar-refractivity contribution in [2.45, 2.75) is 24.8 Å². The molecule has 0 saturated heterocycles. The van der Waals surface area contributed by atoms with E-state index in [9.17, 15) is 4.79 Å². The van der Waals surface area contributed by atoms with Gasteiger partial charge in [-0.2, -0.15) is 0 Å². The van der Waals surface area contributed by atoms with Crippen molar-refractivity contribution >= 4 is 11.6 Å². The van der Waals surface area contributed by atoms with Crippen LogP contribution in [0.3, 0.4) is 0 Å². The SMILES string of the molecule is COc1cc(N)cc(C(=O)NC23CC(C2)C3)c1. The zero-order valence-corrected chi connectivity index (χ0v) is 9.82. The second-order valence-corrected chi connectivity index (χ2v) is 5.21. The Hall–Kier alpha value is -1.71. The Morgan fingerprint density at radius 2 is 2.12 bits per heavy atom. The van der Waals surface area contributed by atoms with Crippen LogP contribution in [0.15, 0.2) is 18.2 Å². The zero-order valence-electron chi connectivity index (χ0n) is 9.82. The second kappa shape index (κ2) is 3.39. The molecule has 90 valence electrons. The normalized spacial score (nSPS) is 28.9. The number of nitrogen functional groups attached to an aromatic ring is 1. The fraction of sp³-hybridized carbons (Fsp3) is 0.462. The number of rotatable bonds is 3. The van der Waals surface area contributed by atoms with Crippen LogP contribution in [-0.4, -0.2) is 18.6 Å². The summed E-state index contributed by atoms with van der Waals surface area (Å²) in [5.41, 5.74) is 6.95. The molecule has 1 aromatic carbocycles. The van der Waals surface area contributed by atoms with Gasteiger partial charge in [0.1, 0.15) is 5.75 Å². The zero-order chi connectivity index (χ0) is 12.0. The van der Waals surface area contributed by atoms with E-state index in [-0.39, 0.29) is 11.4 Å². The highest BCUT2D eigenvalue weighted by molar-refractivity contribution is 5.96. The molecule has 0 aliphatic heterocycles. The molecule has 0 unspecified atom stereocenters. The van der Waals surface area contributed by atoms with Crippen molar-refractivity contribution in [3.8, 4) is 5.75 Å². The standard InChI is InChI=1S/C13H16N2O2/c1-17-11-3-9(2-10(14)4-11)12(16)15-13-5-8(6-13)7-13/h2-4,8H,5-7,14H2,1H3,(H,15,16). The highest BCUT2D eigenvalue weighted by atomic mass is 16.5. The van der Waals surface area contributed by atoms with Crippen LogP contribution in [-0.2, 0) is 0 Å². The van der Waals surface area contributed by atoms with Crippen LogP contribution in [0.2, 0.25) is 0 Å². The number of nitrogens with two attached hydrogens (primary N) is 1. The number of hydrogen-bond donors (Lipinski definition) is 2. The topological polar surface area (TPSA) is 64.3 Å². The third kappa shape index (κ3) is 1.64. The molecule has 2 bridgehead atoms. The van der Waals surface area contributed by atoms with Crippen LogP contribution >= 0.6 is 0 Å². The Balaban J connectivity index is 1.78. The lowest BCUT2D eigenvalue weighted by Crippen LogP contribution is -2.68. The first-order valence-electron chi connectivity index (χ1n) is 5.87. The molecule has 0 heterocycles. The van der Waals surface area contributed by atoms with Crippen molar-refractivity contribution in [1.82, 2.24) is 5.32 Å². The van der Waals surface area contributed by atoms with Crippen LogP contribution in [0.25, 0.3) is 0 Å². The van der Waals surface area contributed by atoms with Gasteiger partial charge >= 0.3 is 0 Å². The van der Waals surface area contributed by atoms with Crippen LogP contribution in [0.4, 0.5) is 5.69 Å². The minimum atomic E-state index is -0.0475. The van der Waals surface area contributed by atoms with Gasteiger partial charge in [0, 0.05) is 22.9 Å². The summed E-state index contributed by atoms with van der Waals surface area (Å²) < 4.78 is 5.11. The van der Waals surface area contributed by atoms with Crippen molar-refractivity contribution in [3.05, 3.63) is 23.8 Å². The Morgan fingerprint density at radius 1 is 1.41 bits per heavy atom. The first kappa shape index (κ1) is 10.4.